The molecule has 0 saturated heterocycles. The van der Waals surface area contributed by atoms with E-state index < -0.39 is 0 Å². The Morgan fingerprint density at radius 3 is 2.92 bits per heavy atom. The van der Waals surface area contributed by atoms with Crippen LogP contribution in [-0.2, 0) is 0 Å². The van der Waals surface area contributed by atoms with Crippen LogP contribution in [0.2, 0.25) is 0 Å². The van der Waals surface area contributed by atoms with E-state index in [2.05, 4.69) is 20.2 Å². The molecule has 0 spiro atoms. The Labute approximate surface area is 69.4 Å². The molecule has 0 aromatic carbocycles. The van der Waals surface area contributed by atoms with E-state index in [1.165, 1.54) is 0 Å². The minimum absolute atomic E-state index is 0.687. The molecule has 2 aromatic heterocycles. The summed E-state index contributed by atoms with van der Waals surface area (Å²) >= 11 is 0. The van der Waals surface area contributed by atoms with Crippen LogP contribution in [0.15, 0.2) is 12.4 Å². The number of hydrogen-bond acceptors (Lipinski definition) is 4. The highest BCUT2D eigenvalue weighted by Gasteiger charge is 2.01. The molecule has 2 rings (SSSR count). The molecule has 0 aliphatic carbocycles. The number of fused-ring (bicyclic) bond motifs is 1. The van der Waals surface area contributed by atoms with Gasteiger partial charge in [-0.05, 0) is 0 Å². The second-order valence-electron chi connectivity index (χ2n) is 2.74. The maximum absolute atomic E-state index is 4.23. The van der Waals surface area contributed by atoms with Crippen molar-refractivity contribution < 1.29 is 0 Å². The van der Waals surface area contributed by atoms with Gasteiger partial charge in [0.2, 0.25) is 5.95 Å². The van der Waals surface area contributed by atoms with Crippen molar-refractivity contribution in [2.24, 2.45) is 0 Å². The highest BCUT2D eigenvalue weighted by molar-refractivity contribution is 5.73. The number of aromatic amines is 1. The summed E-state index contributed by atoms with van der Waals surface area (Å²) in [7, 11) is 3.80. The van der Waals surface area contributed by atoms with Gasteiger partial charge < -0.3 is 4.90 Å². The first-order valence-corrected chi connectivity index (χ1v) is 3.61. The zero-order chi connectivity index (χ0) is 8.55. The Morgan fingerprint density at radius 1 is 1.33 bits per heavy atom. The van der Waals surface area contributed by atoms with Crippen LogP contribution in [0.1, 0.15) is 0 Å². The van der Waals surface area contributed by atoms with Crippen molar-refractivity contribution in [3.63, 3.8) is 0 Å². The molecule has 2 aromatic rings. The lowest BCUT2D eigenvalue weighted by Gasteiger charge is -2.07. The molecule has 62 valence electrons. The molecule has 1 N–H and O–H groups in total. The predicted octanol–water partition coefficient (Wildman–Crippen LogP) is 0.419. The van der Waals surface area contributed by atoms with Gasteiger partial charge in [0, 0.05) is 20.3 Å². The Balaban J connectivity index is 2.60. The van der Waals surface area contributed by atoms with E-state index in [9.17, 15) is 0 Å². The first-order valence-electron chi connectivity index (χ1n) is 3.61. The van der Waals surface area contributed by atoms with Gasteiger partial charge in [-0.15, -0.1) is 0 Å². The summed E-state index contributed by atoms with van der Waals surface area (Å²) in [4.78, 5) is 10.2. The minimum Gasteiger partial charge on any atom is -0.347 e. The third-order valence-corrected chi connectivity index (χ3v) is 1.58. The summed E-state index contributed by atoms with van der Waals surface area (Å²) in [5.41, 5.74) is 0.772. The van der Waals surface area contributed by atoms with Gasteiger partial charge in [0.1, 0.15) is 0 Å². The third kappa shape index (κ3) is 0.990. The van der Waals surface area contributed by atoms with Gasteiger partial charge in [-0.2, -0.15) is 10.1 Å². The summed E-state index contributed by atoms with van der Waals surface area (Å²) in [5, 5.41) is 7.57. The predicted molar refractivity (Wildman–Crippen MR) is 46.0 cm³/mol. The number of nitrogens with one attached hydrogen (secondary N) is 1. The van der Waals surface area contributed by atoms with Gasteiger partial charge in [-0.3, -0.25) is 5.10 Å². The molecule has 0 bridgehead atoms. The average Bonchev–Trinajstić information content (AvgIpc) is 2.49. The van der Waals surface area contributed by atoms with Crippen LogP contribution in [0.25, 0.3) is 11.0 Å². The minimum atomic E-state index is 0.687. The normalized spacial score (nSPS) is 10.5. The van der Waals surface area contributed by atoms with Crippen molar-refractivity contribution in [2.45, 2.75) is 0 Å². The number of nitrogens with zero attached hydrogens (tertiary/aromatic N) is 4. The van der Waals surface area contributed by atoms with Gasteiger partial charge >= 0.3 is 0 Å². The molecule has 5 heteroatoms. The fraction of sp³-hybridized carbons (Fsp3) is 0.286. The van der Waals surface area contributed by atoms with Crippen LogP contribution in [0.4, 0.5) is 5.95 Å². The van der Waals surface area contributed by atoms with Crippen LogP contribution in [0, 0.1) is 0 Å². The summed E-state index contributed by atoms with van der Waals surface area (Å²) < 4.78 is 0. The van der Waals surface area contributed by atoms with Crippen molar-refractivity contribution in [3.05, 3.63) is 12.4 Å². The SMILES string of the molecule is CN(C)c1ncc2cn[nH]c2n1. The number of rotatable bonds is 1. The molecule has 0 fully saturated rings. The van der Waals surface area contributed by atoms with Crippen molar-refractivity contribution in [3.8, 4) is 0 Å². The third-order valence-electron chi connectivity index (χ3n) is 1.58. The quantitative estimate of drug-likeness (QED) is 0.661. The molecule has 0 amide bonds. The van der Waals surface area contributed by atoms with Gasteiger partial charge in [0.15, 0.2) is 5.65 Å². The lowest BCUT2D eigenvalue weighted by molar-refractivity contribution is 1.00. The molecule has 0 radical (unpaired) electrons. The maximum Gasteiger partial charge on any atom is 0.226 e. The van der Waals surface area contributed by atoms with Crippen molar-refractivity contribution >= 4 is 17.0 Å². The fourth-order valence-electron chi connectivity index (χ4n) is 0.944. The van der Waals surface area contributed by atoms with Crippen LogP contribution in [0.5, 0.6) is 0 Å². The van der Waals surface area contributed by atoms with E-state index >= 15 is 0 Å². The van der Waals surface area contributed by atoms with Crippen LogP contribution in [-0.4, -0.2) is 34.3 Å². The molecular formula is C7H9N5. The fourth-order valence-corrected chi connectivity index (χ4v) is 0.944. The topological polar surface area (TPSA) is 57.7 Å². The van der Waals surface area contributed by atoms with Crippen molar-refractivity contribution in [2.75, 3.05) is 19.0 Å². The summed E-state index contributed by atoms with van der Waals surface area (Å²) in [6, 6.07) is 0. The zero-order valence-electron chi connectivity index (χ0n) is 6.94. The summed E-state index contributed by atoms with van der Waals surface area (Å²) in [5.74, 6) is 0.687. The molecular weight excluding hydrogens is 154 g/mol. The molecule has 0 aliphatic heterocycles. The van der Waals surface area contributed by atoms with Crippen molar-refractivity contribution in [1.29, 1.82) is 0 Å². The smallest absolute Gasteiger partial charge is 0.226 e. The van der Waals surface area contributed by atoms with Crippen LogP contribution >= 0.6 is 0 Å². The Morgan fingerprint density at radius 2 is 2.17 bits per heavy atom. The average molecular weight is 163 g/mol. The Hall–Kier alpha value is -1.65. The Kier molecular flexibility index (Phi) is 1.43. The van der Waals surface area contributed by atoms with E-state index in [-0.39, 0.29) is 0 Å². The number of anilines is 1. The summed E-state index contributed by atoms with van der Waals surface area (Å²) in [6.07, 6.45) is 3.45. The van der Waals surface area contributed by atoms with Crippen molar-refractivity contribution in [1.82, 2.24) is 20.2 Å². The van der Waals surface area contributed by atoms with E-state index in [4.69, 9.17) is 0 Å². The van der Waals surface area contributed by atoms with Gasteiger partial charge in [-0.1, -0.05) is 0 Å². The highest BCUT2D eigenvalue weighted by Crippen LogP contribution is 2.09. The lowest BCUT2D eigenvalue weighted by Crippen LogP contribution is -2.12. The number of hydrogen-bond donors (Lipinski definition) is 1. The molecule has 2 heterocycles. The lowest BCUT2D eigenvalue weighted by atomic mass is 10.4. The Bertz CT molecular complexity index is 391. The van der Waals surface area contributed by atoms with Gasteiger partial charge in [0.25, 0.3) is 0 Å². The monoisotopic (exact) mass is 163 g/mol. The molecule has 0 saturated carbocycles. The van der Waals surface area contributed by atoms with Crippen LogP contribution < -0.4 is 4.90 Å². The van der Waals surface area contributed by atoms with E-state index in [0.717, 1.165) is 11.0 Å². The zero-order valence-corrected chi connectivity index (χ0v) is 6.94. The second-order valence-corrected chi connectivity index (χ2v) is 2.74. The molecule has 0 atom stereocenters. The van der Waals surface area contributed by atoms with E-state index in [0.29, 0.717) is 5.95 Å². The molecule has 5 nitrogen and oxygen atoms in total. The van der Waals surface area contributed by atoms with E-state index in [1.54, 1.807) is 12.4 Å². The number of aromatic nitrogens is 4. The number of H-pyrrole nitrogens is 1. The first kappa shape index (κ1) is 7.02. The second kappa shape index (κ2) is 2.44. The highest BCUT2D eigenvalue weighted by atomic mass is 15.2. The maximum atomic E-state index is 4.23. The summed E-state index contributed by atoms with van der Waals surface area (Å²) in [6.45, 7) is 0. The largest absolute Gasteiger partial charge is 0.347 e. The van der Waals surface area contributed by atoms with Gasteiger partial charge in [-0.25, -0.2) is 4.98 Å². The van der Waals surface area contributed by atoms with Crippen LogP contribution in [0.3, 0.4) is 0 Å². The van der Waals surface area contributed by atoms with E-state index in [1.807, 2.05) is 19.0 Å². The molecule has 0 unspecified atom stereocenters. The first-order chi connectivity index (χ1) is 5.77. The standard InChI is InChI=1S/C7H9N5/c1-12(2)7-8-3-5-4-9-11-6(5)10-7/h3-4H,1-2H3,(H,8,9,10,11). The van der Waals surface area contributed by atoms with Gasteiger partial charge in [0.05, 0.1) is 11.6 Å². The molecule has 0 aliphatic rings. The molecule has 12 heavy (non-hydrogen) atoms.